The summed E-state index contributed by atoms with van der Waals surface area (Å²) in [6.45, 7) is 0.758. The molecule has 0 radical (unpaired) electrons. The molecule has 2 aromatic rings. The quantitative estimate of drug-likeness (QED) is 0.751. The van der Waals surface area contributed by atoms with Crippen LogP contribution in [0.5, 0.6) is 0 Å². The average molecular weight is 406 g/mol. The van der Waals surface area contributed by atoms with Crippen LogP contribution in [0.25, 0.3) is 0 Å². The minimum Gasteiger partial charge on any atom is -0.335 e. The van der Waals surface area contributed by atoms with Crippen LogP contribution in [0.3, 0.4) is 0 Å². The van der Waals surface area contributed by atoms with Crippen molar-refractivity contribution in [2.24, 2.45) is 0 Å². The average Bonchev–Trinajstić information content (AvgIpc) is 3.07. The third-order valence-electron chi connectivity index (χ3n) is 4.28. The Morgan fingerprint density at radius 1 is 1.12 bits per heavy atom. The first kappa shape index (κ1) is 17.4. The van der Waals surface area contributed by atoms with Gasteiger partial charge in [-0.2, -0.15) is 0 Å². The highest BCUT2D eigenvalue weighted by atomic mass is 79.9. The van der Waals surface area contributed by atoms with Crippen molar-refractivity contribution >= 4 is 32.6 Å². The van der Waals surface area contributed by atoms with Crippen molar-refractivity contribution < 1.29 is 9.00 Å². The fraction of sp³-hybridized carbons (Fsp3) is 0.316. The van der Waals surface area contributed by atoms with Gasteiger partial charge in [0, 0.05) is 27.6 Å². The molecule has 1 aliphatic rings. The highest BCUT2D eigenvalue weighted by Gasteiger charge is 2.30. The molecule has 0 unspecified atom stereocenters. The molecule has 1 heterocycles. The maximum Gasteiger partial charge on any atom is 0.235 e. The molecule has 0 N–H and O–H groups in total. The predicted octanol–water partition coefficient (Wildman–Crippen LogP) is 4.06. The van der Waals surface area contributed by atoms with Crippen LogP contribution in [-0.4, -0.2) is 27.3 Å². The number of likely N-dealkylation sites (tertiary alicyclic amines) is 1. The third kappa shape index (κ3) is 4.33. The Bertz CT molecular complexity index is 718. The van der Waals surface area contributed by atoms with E-state index in [2.05, 4.69) is 28.1 Å². The van der Waals surface area contributed by atoms with Gasteiger partial charge in [0.25, 0.3) is 0 Å². The van der Waals surface area contributed by atoms with Crippen molar-refractivity contribution in [3.63, 3.8) is 0 Å². The molecule has 0 aliphatic carbocycles. The van der Waals surface area contributed by atoms with Crippen molar-refractivity contribution in [2.45, 2.75) is 24.6 Å². The second-order valence-corrected chi connectivity index (χ2v) is 8.38. The Hall–Kier alpha value is -1.46. The minimum atomic E-state index is -1.18. The Morgan fingerprint density at radius 3 is 2.54 bits per heavy atom. The van der Waals surface area contributed by atoms with Gasteiger partial charge in [0.15, 0.2) is 0 Å². The van der Waals surface area contributed by atoms with Gasteiger partial charge in [0.2, 0.25) is 5.91 Å². The molecule has 0 bridgehead atoms. The predicted molar refractivity (Wildman–Crippen MR) is 101 cm³/mol. The highest BCUT2D eigenvalue weighted by molar-refractivity contribution is 9.10. The van der Waals surface area contributed by atoms with Crippen molar-refractivity contribution in [3.05, 3.63) is 70.2 Å². The summed E-state index contributed by atoms with van der Waals surface area (Å²) in [7, 11) is -1.18. The fourth-order valence-corrected chi connectivity index (χ4v) is 4.50. The van der Waals surface area contributed by atoms with Crippen LogP contribution in [0.15, 0.2) is 59.1 Å². The Morgan fingerprint density at radius 2 is 1.83 bits per heavy atom. The number of halogens is 1. The van der Waals surface area contributed by atoms with E-state index in [1.54, 1.807) is 0 Å². The second-order valence-electron chi connectivity index (χ2n) is 6.01. The zero-order valence-electron chi connectivity index (χ0n) is 13.4. The van der Waals surface area contributed by atoms with E-state index < -0.39 is 10.8 Å². The molecular formula is C19H20BrNO2S. The summed E-state index contributed by atoms with van der Waals surface area (Å²) >= 11 is 3.39. The molecule has 0 saturated carbocycles. The molecule has 3 rings (SSSR count). The zero-order chi connectivity index (χ0) is 16.9. The first-order valence-electron chi connectivity index (χ1n) is 8.07. The van der Waals surface area contributed by atoms with Gasteiger partial charge in [0.1, 0.15) is 5.75 Å². The molecular weight excluding hydrogens is 386 g/mol. The molecule has 3 nitrogen and oxygen atoms in total. The van der Waals surface area contributed by atoms with Crippen molar-refractivity contribution in [1.29, 1.82) is 0 Å². The van der Waals surface area contributed by atoms with Crippen LogP contribution >= 0.6 is 15.9 Å². The monoisotopic (exact) mass is 405 g/mol. The summed E-state index contributed by atoms with van der Waals surface area (Å²) in [5.41, 5.74) is 2.16. The maximum absolute atomic E-state index is 12.6. The molecule has 0 aromatic heterocycles. The molecule has 126 valence electrons. The van der Waals surface area contributed by atoms with E-state index in [-0.39, 0.29) is 17.7 Å². The van der Waals surface area contributed by atoms with E-state index in [1.165, 1.54) is 5.56 Å². The number of rotatable bonds is 5. The molecule has 2 aromatic carbocycles. The first-order chi connectivity index (χ1) is 11.6. The summed E-state index contributed by atoms with van der Waals surface area (Å²) < 4.78 is 13.4. The number of nitrogens with zero attached hydrogens (tertiary/aromatic N) is 1. The number of carbonyl (C=O) groups is 1. The maximum atomic E-state index is 12.6. The van der Waals surface area contributed by atoms with Crippen LogP contribution in [0.1, 0.15) is 30.0 Å². The van der Waals surface area contributed by atoms with E-state index in [4.69, 9.17) is 0 Å². The van der Waals surface area contributed by atoms with Crippen molar-refractivity contribution in [1.82, 2.24) is 4.90 Å². The van der Waals surface area contributed by atoms with E-state index in [1.807, 2.05) is 47.4 Å². The highest BCUT2D eigenvalue weighted by Crippen LogP contribution is 2.31. The lowest BCUT2D eigenvalue weighted by molar-refractivity contribution is -0.129. The molecule has 0 spiro atoms. The lowest BCUT2D eigenvalue weighted by atomic mass is 10.0. The Balaban J connectivity index is 1.61. The number of carbonyl (C=O) groups excluding carboxylic acids is 1. The molecule has 5 heteroatoms. The number of hydrogen-bond acceptors (Lipinski definition) is 2. The third-order valence-corrected chi connectivity index (χ3v) is 6.04. The van der Waals surface area contributed by atoms with Gasteiger partial charge in [-0.05, 0) is 36.1 Å². The van der Waals surface area contributed by atoms with Gasteiger partial charge in [0.05, 0.1) is 6.04 Å². The van der Waals surface area contributed by atoms with Crippen LogP contribution in [0, 0.1) is 0 Å². The molecule has 1 amide bonds. The molecule has 24 heavy (non-hydrogen) atoms. The van der Waals surface area contributed by atoms with Gasteiger partial charge < -0.3 is 4.90 Å². The van der Waals surface area contributed by atoms with Crippen LogP contribution < -0.4 is 0 Å². The van der Waals surface area contributed by atoms with E-state index in [0.29, 0.717) is 5.75 Å². The van der Waals surface area contributed by atoms with E-state index >= 15 is 0 Å². The van der Waals surface area contributed by atoms with Gasteiger partial charge in [-0.15, -0.1) is 0 Å². The van der Waals surface area contributed by atoms with Crippen molar-refractivity contribution in [3.8, 4) is 0 Å². The Kier molecular flexibility index (Phi) is 5.85. The lowest BCUT2D eigenvalue weighted by Crippen LogP contribution is -2.34. The molecule has 2 atom stereocenters. The van der Waals surface area contributed by atoms with Gasteiger partial charge >= 0.3 is 0 Å². The summed E-state index contributed by atoms with van der Waals surface area (Å²) in [4.78, 5) is 14.5. The van der Waals surface area contributed by atoms with Crippen LogP contribution in [-0.2, 0) is 21.3 Å². The molecule has 1 aliphatic heterocycles. The summed E-state index contributed by atoms with van der Waals surface area (Å²) in [5.74, 6) is 0.513. The zero-order valence-corrected chi connectivity index (χ0v) is 15.8. The second kappa shape index (κ2) is 8.08. The number of amides is 1. The van der Waals surface area contributed by atoms with Gasteiger partial charge in [-0.25, -0.2) is 0 Å². The van der Waals surface area contributed by atoms with Gasteiger partial charge in [-0.1, -0.05) is 58.4 Å². The van der Waals surface area contributed by atoms with Gasteiger partial charge in [-0.3, -0.25) is 9.00 Å². The fourth-order valence-electron chi connectivity index (χ4n) is 3.13. The molecule has 1 fully saturated rings. The molecule has 1 saturated heterocycles. The largest absolute Gasteiger partial charge is 0.335 e. The number of benzene rings is 2. The topological polar surface area (TPSA) is 37.4 Å². The first-order valence-corrected chi connectivity index (χ1v) is 10.4. The SMILES string of the molecule is O=C(C[S@@](=O)Cc1ccc(Br)cc1)N1CCC[C@@H]1c1ccccc1. The normalized spacial score (nSPS) is 18.5. The lowest BCUT2D eigenvalue weighted by Gasteiger charge is -2.25. The van der Waals surface area contributed by atoms with E-state index in [0.717, 1.165) is 29.4 Å². The minimum absolute atomic E-state index is 0.00296. The Labute approximate surface area is 153 Å². The number of hydrogen-bond donors (Lipinski definition) is 0. The van der Waals surface area contributed by atoms with Crippen molar-refractivity contribution in [2.75, 3.05) is 12.3 Å². The van der Waals surface area contributed by atoms with Crippen LogP contribution in [0.4, 0.5) is 0 Å². The standard InChI is InChI=1S/C19H20BrNO2S/c20-17-10-8-15(9-11-17)13-24(23)14-19(22)21-12-4-7-18(21)16-5-2-1-3-6-16/h1-3,5-6,8-11,18H,4,7,12-14H2/t18-,24+/m1/s1. The van der Waals surface area contributed by atoms with Crippen LogP contribution in [0.2, 0.25) is 0 Å². The van der Waals surface area contributed by atoms with E-state index in [9.17, 15) is 9.00 Å². The smallest absolute Gasteiger partial charge is 0.235 e. The summed E-state index contributed by atoms with van der Waals surface area (Å²) in [5, 5.41) is 0. The summed E-state index contributed by atoms with van der Waals surface area (Å²) in [6, 6.07) is 18.0. The summed E-state index contributed by atoms with van der Waals surface area (Å²) in [6.07, 6.45) is 1.99.